The van der Waals surface area contributed by atoms with Crippen LogP contribution < -0.4 is 10.6 Å². The first kappa shape index (κ1) is 22.9. The summed E-state index contributed by atoms with van der Waals surface area (Å²) in [5.74, 6) is 1.64. The van der Waals surface area contributed by atoms with E-state index in [4.69, 9.17) is 0 Å². The Kier molecular flexibility index (Phi) is 10.0. The summed E-state index contributed by atoms with van der Waals surface area (Å²) in [6.45, 7) is 7.85. The van der Waals surface area contributed by atoms with Crippen LogP contribution in [-0.2, 0) is 9.84 Å². The molecule has 2 unspecified atom stereocenters. The van der Waals surface area contributed by atoms with Crippen LogP contribution in [-0.4, -0.2) is 44.5 Å². The van der Waals surface area contributed by atoms with Crippen molar-refractivity contribution >= 4 is 39.8 Å². The number of aliphatic imine (C=N–C) groups is 1. The summed E-state index contributed by atoms with van der Waals surface area (Å²) in [4.78, 5) is 4.21. The Hall–Kier alpha value is -0.0500. The van der Waals surface area contributed by atoms with Gasteiger partial charge in [0.2, 0.25) is 0 Å². The lowest BCUT2D eigenvalue weighted by Gasteiger charge is -2.30. The van der Waals surface area contributed by atoms with Crippen molar-refractivity contribution in [2.75, 3.05) is 19.3 Å². The van der Waals surface area contributed by atoms with Gasteiger partial charge in [0.1, 0.15) is 0 Å². The van der Waals surface area contributed by atoms with E-state index in [1.807, 2.05) is 0 Å². The molecular weight excluding hydrogens is 425 g/mol. The van der Waals surface area contributed by atoms with Crippen molar-refractivity contribution in [2.24, 2.45) is 10.9 Å². The SMILES string of the molecule is CCC1CCCC(NC(=NC)NCCS(=O)(=O)C(C)(C)C)C1.I. The lowest BCUT2D eigenvalue weighted by atomic mass is 9.84. The van der Waals surface area contributed by atoms with Crippen LogP contribution in [0.4, 0.5) is 0 Å². The molecule has 2 N–H and O–H groups in total. The van der Waals surface area contributed by atoms with E-state index in [9.17, 15) is 8.42 Å². The molecule has 1 saturated carbocycles. The average molecular weight is 459 g/mol. The van der Waals surface area contributed by atoms with E-state index >= 15 is 0 Å². The van der Waals surface area contributed by atoms with Gasteiger partial charge in [0.25, 0.3) is 0 Å². The number of halogens is 1. The summed E-state index contributed by atoms with van der Waals surface area (Å²) in [5.41, 5.74) is 0. The van der Waals surface area contributed by atoms with Gasteiger partial charge < -0.3 is 10.6 Å². The van der Waals surface area contributed by atoms with Gasteiger partial charge in [0.05, 0.1) is 10.5 Å². The van der Waals surface area contributed by atoms with Crippen LogP contribution in [0.5, 0.6) is 0 Å². The van der Waals surface area contributed by atoms with E-state index in [-0.39, 0.29) is 29.7 Å². The molecule has 5 nitrogen and oxygen atoms in total. The number of guanidine groups is 1. The number of nitrogens with one attached hydrogen (secondary N) is 2. The van der Waals surface area contributed by atoms with Gasteiger partial charge in [0, 0.05) is 19.6 Å². The second-order valence-corrected chi connectivity index (χ2v) is 10.1. The molecule has 23 heavy (non-hydrogen) atoms. The molecular formula is C16H34IN3O2S. The van der Waals surface area contributed by atoms with Crippen LogP contribution in [0.2, 0.25) is 0 Å². The second kappa shape index (κ2) is 10.1. The maximum atomic E-state index is 12.1. The second-order valence-electron chi connectivity index (χ2n) is 7.21. The minimum absolute atomic E-state index is 0. The highest BCUT2D eigenvalue weighted by atomic mass is 127. The molecule has 138 valence electrons. The highest BCUT2D eigenvalue weighted by molar-refractivity contribution is 14.0. The van der Waals surface area contributed by atoms with E-state index < -0.39 is 14.6 Å². The molecule has 0 saturated heterocycles. The standard InChI is InChI=1S/C16H33N3O2S.HI/c1-6-13-8-7-9-14(12-13)19-15(17-5)18-10-11-22(20,21)16(2,3)4;/h13-14H,6-12H2,1-5H3,(H2,17,18,19);1H. The Morgan fingerprint density at radius 3 is 2.43 bits per heavy atom. The fourth-order valence-corrected chi connectivity index (χ4v) is 3.77. The van der Waals surface area contributed by atoms with Crippen molar-refractivity contribution in [3.8, 4) is 0 Å². The zero-order chi connectivity index (χ0) is 16.8. The van der Waals surface area contributed by atoms with Crippen molar-refractivity contribution in [1.29, 1.82) is 0 Å². The Bertz CT molecular complexity index is 472. The number of rotatable bonds is 5. The lowest BCUT2D eigenvalue weighted by molar-refractivity contribution is 0.298. The van der Waals surface area contributed by atoms with Crippen LogP contribution >= 0.6 is 24.0 Å². The Morgan fingerprint density at radius 2 is 1.91 bits per heavy atom. The first-order valence-electron chi connectivity index (χ1n) is 8.39. The van der Waals surface area contributed by atoms with Gasteiger partial charge in [-0.3, -0.25) is 4.99 Å². The van der Waals surface area contributed by atoms with Crippen LogP contribution in [0, 0.1) is 5.92 Å². The van der Waals surface area contributed by atoms with E-state index in [1.165, 1.54) is 25.7 Å². The zero-order valence-corrected chi connectivity index (χ0v) is 18.3. The summed E-state index contributed by atoms with van der Waals surface area (Å²) < 4.78 is 23.5. The van der Waals surface area contributed by atoms with Gasteiger partial charge in [-0.25, -0.2) is 8.42 Å². The van der Waals surface area contributed by atoms with E-state index in [0.717, 1.165) is 12.3 Å². The molecule has 7 heteroatoms. The molecule has 1 aliphatic carbocycles. The third-order valence-electron chi connectivity index (χ3n) is 4.52. The normalized spacial score (nSPS) is 23.1. The molecule has 0 aromatic heterocycles. The third-order valence-corrected chi connectivity index (χ3v) is 7.13. The maximum absolute atomic E-state index is 12.1. The van der Waals surface area contributed by atoms with Crippen LogP contribution in [0.25, 0.3) is 0 Å². The van der Waals surface area contributed by atoms with Crippen molar-refractivity contribution < 1.29 is 8.42 Å². The molecule has 0 aliphatic heterocycles. The average Bonchev–Trinajstić information content (AvgIpc) is 2.45. The van der Waals surface area contributed by atoms with Gasteiger partial charge in [-0.2, -0.15) is 0 Å². The van der Waals surface area contributed by atoms with E-state index in [1.54, 1.807) is 27.8 Å². The smallest absolute Gasteiger partial charge is 0.191 e. The fraction of sp³-hybridized carbons (Fsp3) is 0.938. The van der Waals surface area contributed by atoms with E-state index in [2.05, 4.69) is 22.5 Å². The monoisotopic (exact) mass is 459 g/mol. The summed E-state index contributed by atoms with van der Waals surface area (Å²) in [6, 6.07) is 0.448. The van der Waals surface area contributed by atoms with Crippen LogP contribution in [0.1, 0.15) is 59.8 Å². The summed E-state index contributed by atoms with van der Waals surface area (Å²) in [7, 11) is -1.36. The Balaban J connectivity index is 0.00000484. The Labute approximate surface area is 159 Å². The molecule has 0 amide bonds. The van der Waals surface area contributed by atoms with Gasteiger partial charge in [-0.15, -0.1) is 24.0 Å². The predicted molar refractivity (Wildman–Crippen MR) is 109 cm³/mol. The molecule has 1 fully saturated rings. The minimum atomic E-state index is -3.09. The van der Waals surface area contributed by atoms with Crippen molar-refractivity contribution in [3.05, 3.63) is 0 Å². The number of sulfone groups is 1. The zero-order valence-electron chi connectivity index (χ0n) is 15.2. The predicted octanol–water partition coefficient (Wildman–Crippen LogP) is 2.95. The van der Waals surface area contributed by atoms with Gasteiger partial charge in [-0.05, 0) is 39.5 Å². The lowest BCUT2D eigenvalue weighted by Crippen LogP contribution is -2.47. The van der Waals surface area contributed by atoms with Crippen molar-refractivity contribution in [3.63, 3.8) is 0 Å². The third kappa shape index (κ3) is 7.58. The Morgan fingerprint density at radius 1 is 1.26 bits per heavy atom. The molecule has 0 radical (unpaired) electrons. The topological polar surface area (TPSA) is 70.6 Å². The summed E-state index contributed by atoms with van der Waals surface area (Å²) in [6.07, 6.45) is 6.15. The first-order chi connectivity index (χ1) is 10.2. The molecule has 0 bridgehead atoms. The molecule has 0 aromatic rings. The minimum Gasteiger partial charge on any atom is -0.355 e. The molecule has 0 spiro atoms. The molecule has 1 rings (SSSR count). The highest BCUT2D eigenvalue weighted by Crippen LogP contribution is 2.26. The van der Waals surface area contributed by atoms with Gasteiger partial charge in [-0.1, -0.05) is 26.2 Å². The number of hydrogen-bond acceptors (Lipinski definition) is 3. The van der Waals surface area contributed by atoms with Gasteiger partial charge >= 0.3 is 0 Å². The van der Waals surface area contributed by atoms with Crippen LogP contribution in [0.3, 0.4) is 0 Å². The van der Waals surface area contributed by atoms with Crippen molar-refractivity contribution in [2.45, 2.75) is 70.6 Å². The van der Waals surface area contributed by atoms with Gasteiger partial charge in [0.15, 0.2) is 15.8 Å². The maximum Gasteiger partial charge on any atom is 0.191 e. The van der Waals surface area contributed by atoms with Crippen molar-refractivity contribution in [1.82, 2.24) is 10.6 Å². The van der Waals surface area contributed by atoms with Crippen LogP contribution in [0.15, 0.2) is 4.99 Å². The van der Waals surface area contributed by atoms with E-state index in [0.29, 0.717) is 18.5 Å². The molecule has 2 atom stereocenters. The molecule has 1 aliphatic rings. The first-order valence-corrected chi connectivity index (χ1v) is 10.0. The quantitative estimate of drug-likeness (QED) is 0.377. The molecule has 0 aromatic carbocycles. The fourth-order valence-electron chi connectivity index (χ4n) is 2.79. The number of nitrogens with zero attached hydrogens (tertiary/aromatic N) is 1. The molecule has 0 heterocycles. The largest absolute Gasteiger partial charge is 0.355 e. The highest BCUT2D eigenvalue weighted by Gasteiger charge is 2.28. The number of hydrogen-bond donors (Lipinski definition) is 2. The summed E-state index contributed by atoms with van der Waals surface area (Å²) in [5, 5.41) is 6.58. The summed E-state index contributed by atoms with van der Waals surface area (Å²) >= 11 is 0.